The first kappa shape index (κ1) is 14.8. The molecule has 1 aromatic carbocycles. The monoisotopic (exact) mass is 286 g/mol. The van der Waals surface area contributed by atoms with Gasteiger partial charge in [-0.2, -0.15) is 13.2 Å². The molecule has 0 radical (unpaired) electrons. The summed E-state index contributed by atoms with van der Waals surface area (Å²) in [7, 11) is 0. The van der Waals surface area contributed by atoms with E-state index in [9.17, 15) is 18.0 Å². The smallest absolute Gasteiger partial charge is 0.351 e. The fourth-order valence-electron chi connectivity index (χ4n) is 2.26. The van der Waals surface area contributed by atoms with E-state index in [1.807, 2.05) is 6.92 Å². The molecule has 2 unspecified atom stereocenters. The van der Waals surface area contributed by atoms with Crippen LogP contribution in [0.25, 0.3) is 0 Å². The highest BCUT2D eigenvalue weighted by Gasteiger charge is 2.30. The van der Waals surface area contributed by atoms with Crippen molar-refractivity contribution in [3.63, 3.8) is 0 Å². The minimum atomic E-state index is -4.34. The van der Waals surface area contributed by atoms with Crippen LogP contribution in [0.3, 0.4) is 0 Å². The van der Waals surface area contributed by atoms with Crippen LogP contribution in [-0.2, 0) is 17.4 Å². The molecule has 1 aliphatic heterocycles. The van der Waals surface area contributed by atoms with Gasteiger partial charge in [-0.25, -0.2) is 0 Å². The van der Waals surface area contributed by atoms with Gasteiger partial charge in [0.05, 0.1) is 12.0 Å². The number of benzene rings is 1. The van der Waals surface area contributed by atoms with Gasteiger partial charge in [0, 0.05) is 12.6 Å². The summed E-state index contributed by atoms with van der Waals surface area (Å²) in [6.07, 6.45) is -4.24. The van der Waals surface area contributed by atoms with Crippen LogP contribution >= 0.6 is 0 Å². The first-order valence-electron chi connectivity index (χ1n) is 6.52. The molecule has 6 heteroatoms. The van der Waals surface area contributed by atoms with E-state index < -0.39 is 11.7 Å². The van der Waals surface area contributed by atoms with Crippen molar-refractivity contribution < 1.29 is 18.0 Å². The molecule has 1 amide bonds. The highest BCUT2D eigenvalue weighted by Crippen LogP contribution is 2.29. The van der Waals surface area contributed by atoms with Crippen LogP contribution in [0.4, 0.5) is 13.2 Å². The number of rotatable bonds is 3. The van der Waals surface area contributed by atoms with Crippen molar-refractivity contribution in [3.05, 3.63) is 35.4 Å². The number of alkyl halides is 3. The van der Waals surface area contributed by atoms with Gasteiger partial charge in [-0.3, -0.25) is 4.79 Å². The highest BCUT2D eigenvalue weighted by atomic mass is 19.4. The van der Waals surface area contributed by atoms with E-state index in [1.165, 1.54) is 12.1 Å². The molecule has 20 heavy (non-hydrogen) atoms. The first-order valence-corrected chi connectivity index (χ1v) is 6.52. The molecule has 2 N–H and O–H groups in total. The van der Waals surface area contributed by atoms with Crippen molar-refractivity contribution in [2.45, 2.75) is 25.6 Å². The summed E-state index contributed by atoms with van der Waals surface area (Å²) in [5.41, 5.74) is -0.121. The normalized spacial score (nSPS) is 22.8. The van der Waals surface area contributed by atoms with Gasteiger partial charge in [0.15, 0.2) is 0 Å². The highest BCUT2D eigenvalue weighted by molar-refractivity contribution is 5.79. The number of hydrogen-bond acceptors (Lipinski definition) is 2. The van der Waals surface area contributed by atoms with Crippen molar-refractivity contribution in [1.29, 1.82) is 0 Å². The number of nitrogens with one attached hydrogen (secondary N) is 2. The van der Waals surface area contributed by atoms with Crippen molar-refractivity contribution >= 4 is 5.91 Å². The predicted molar refractivity (Wildman–Crippen MR) is 69.1 cm³/mol. The summed E-state index contributed by atoms with van der Waals surface area (Å²) in [6.45, 7) is 3.65. The van der Waals surface area contributed by atoms with Crippen LogP contribution in [0, 0.1) is 5.92 Å². The zero-order chi connectivity index (χ0) is 14.8. The predicted octanol–water partition coefficient (Wildman–Crippen LogP) is 1.97. The Labute approximate surface area is 115 Å². The third-order valence-electron chi connectivity index (χ3n) is 3.51. The molecule has 0 bridgehead atoms. The molecule has 1 aliphatic rings. The number of amides is 1. The maximum Gasteiger partial charge on any atom is 0.416 e. The van der Waals surface area contributed by atoms with E-state index in [2.05, 4.69) is 10.6 Å². The Morgan fingerprint density at radius 1 is 1.30 bits per heavy atom. The van der Waals surface area contributed by atoms with Crippen LogP contribution in [0.2, 0.25) is 0 Å². The van der Waals surface area contributed by atoms with Gasteiger partial charge in [-0.05, 0) is 30.2 Å². The summed E-state index contributed by atoms with van der Waals surface area (Å²) in [5.74, 6) is 0.205. The lowest BCUT2D eigenvalue weighted by atomic mass is 10.1. The average Bonchev–Trinajstić information content (AvgIpc) is 2.74. The van der Waals surface area contributed by atoms with Gasteiger partial charge in [0.25, 0.3) is 0 Å². The molecule has 1 saturated heterocycles. The quantitative estimate of drug-likeness (QED) is 0.892. The van der Waals surface area contributed by atoms with Gasteiger partial charge in [-0.15, -0.1) is 0 Å². The second kappa shape index (κ2) is 5.83. The number of carbonyl (C=O) groups excluding carboxylic acids is 1. The Bertz CT molecular complexity index is 470. The van der Waals surface area contributed by atoms with Crippen molar-refractivity contribution in [3.8, 4) is 0 Å². The van der Waals surface area contributed by atoms with Gasteiger partial charge in [-0.1, -0.05) is 19.1 Å². The van der Waals surface area contributed by atoms with Crippen LogP contribution in [0.15, 0.2) is 24.3 Å². The van der Waals surface area contributed by atoms with Gasteiger partial charge >= 0.3 is 6.18 Å². The minimum Gasteiger partial charge on any atom is -0.351 e. The Hall–Kier alpha value is -1.56. The molecule has 1 heterocycles. The second-order valence-corrected chi connectivity index (χ2v) is 5.18. The van der Waals surface area contributed by atoms with Crippen molar-refractivity contribution in [2.75, 3.05) is 13.1 Å². The summed E-state index contributed by atoms with van der Waals surface area (Å²) in [4.78, 5) is 11.8. The van der Waals surface area contributed by atoms with E-state index >= 15 is 0 Å². The number of hydrogen-bond donors (Lipinski definition) is 2. The summed E-state index contributed by atoms with van der Waals surface area (Å²) in [5, 5.41) is 6.07. The lowest BCUT2D eigenvalue weighted by Gasteiger charge is -2.16. The Kier molecular flexibility index (Phi) is 4.32. The van der Waals surface area contributed by atoms with Crippen LogP contribution in [0.5, 0.6) is 0 Å². The molecule has 0 spiro atoms. The topological polar surface area (TPSA) is 41.1 Å². The van der Waals surface area contributed by atoms with E-state index in [4.69, 9.17) is 0 Å². The number of carbonyl (C=O) groups is 1. The Morgan fingerprint density at radius 3 is 2.45 bits per heavy atom. The van der Waals surface area contributed by atoms with Gasteiger partial charge < -0.3 is 10.6 Å². The molecule has 1 fully saturated rings. The second-order valence-electron chi connectivity index (χ2n) is 5.18. The van der Waals surface area contributed by atoms with Crippen LogP contribution in [-0.4, -0.2) is 25.0 Å². The third-order valence-corrected chi connectivity index (χ3v) is 3.51. The summed E-state index contributed by atoms with van der Waals surface area (Å²) in [6, 6.07) is 4.79. The van der Waals surface area contributed by atoms with Crippen LogP contribution in [0.1, 0.15) is 18.1 Å². The SMILES string of the molecule is CC1CNCC1NC(=O)Cc1ccc(C(F)(F)F)cc1. The largest absolute Gasteiger partial charge is 0.416 e. The maximum absolute atomic E-state index is 12.4. The molecule has 0 aromatic heterocycles. The summed E-state index contributed by atoms with van der Waals surface area (Å²) >= 11 is 0. The van der Waals surface area contributed by atoms with Crippen molar-refractivity contribution in [1.82, 2.24) is 10.6 Å². The molecule has 0 saturated carbocycles. The first-order chi connectivity index (χ1) is 9.36. The molecule has 0 aliphatic carbocycles. The zero-order valence-electron chi connectivity index (χ0n) is 11.1. The lowest BCUT2D eigenvalue weighted by Crippen LogP contribution is -2.40. The van der Waals surface area contributed by atoms with E-state index in [0.717, 1.165) is 25.2 Å². The molecular weight excluding hydrogens is 269 g/mol. The molecular formula is C14H17F3N2O. The van der Waals surface area contributed by atoms with E-state index in [-0.39, 0.29) is 18.4 Å². The van der Waals surface area contributed by atoms with Gasteiger partial charge in [0.1, 0.15) is 0 Å². The fraction of sp³-hybridized carbons (Fsp3) is 0.500. The molecule has 3 nitrogen and oxygen atoms in total. The average molecular weight is 286 g/mol. The number of halogens is 3. The molecule has 2 atom stereocenters. The zero-order valence-corrected chi connectivity index (χ0v) is 11.1. The van der Waals surface area contributed by atoms with E-state index in [0.29, 0.717) is 11.5 Å². The fourth-order valence-corrected chi connectivity index (χ4v) is 2.26. The molecule has 110 valence electrons. The van der Waals surface area contributed by atoms with E-state index in [1.54, 1.807) is 0 Å². The van der Waals surface area contributed by atoms with Crippen molar-refractivity contribution in [2.24, 2.45) is 5.92 Å². The third kappa shape index (κ3) is 3.72. The standard InChI is InChI=1S/C14H17F3N2O/c1-9-7-18-8-12(9)19-13(20)6-10-2-4-11(5-3-10)14(15,16)17/h2-5,9,12,18H,6-8H2,1H3,(H,19,20). The van der Waals surface area contributed by atoms with Gasteiger partial charge in [0.2, 0.25) is 5.91 Å². The molecule has 2 rings (SSSR count). The lowest BCUT2D eigenvalue weighted by molar-refractivity contribution is -0.137. The maximum atomic E-state index is 12.4. The minimum absolute atomic E-state index is 0.0944. The Morgan fingerprint density at radius 2 is 1.95 bits per heavy atom. The Balaban J connectivity index is 1.91. The molecule has 1 aromatic rings. The summed E-state index contributed by atoms with van der Waals surface area (Å²) < 4.78 is 37.2. The van der Waals surface area contributed by atoms with Crippen LogP contribution < -0.4 is 10.6 Å².